The number of ether oxygens (including phenoxy) is 1. The smallest absolute Gasteiger partial charge is 0.312 e. The van der Waals surface area contributed by atoms with E-state index in [0.29, 0.717) is 30.1 Å². The van der Waals surface area contributed by atoms with Crippen LogP contribution in [0.3, 0.4) is 0 Å². The lowest BCUT2D eigenvalue weighted by atomic mass is 9.33. The van der Waals surface area contributed by atoms with Crippen molar-refractivity contribution in [3.05, 3.63) is 11.6 Å². The average molecular weight is 485 g/mol. The zero-order chi connectivity index (χ0) is 25.8. The Morgan fingerprint density at radius 3 is 2.34 bits per heavy atom. The maximum Gasteiger partial charge on any atom is 0.312 e. The summed E-state index contributed by atoms with van der Waals surface area (Å²) >= 11 is 0. The number of aliphatic hydroxyl groups is 1. The topological polar surface area (TPSA) is 63.6 Å². The predicted octanol–water partition coefficient (Wildman–Crippen LogP) is 6.36. The molecule has 0 bridgehead atoms. The number of methoxy groups -OCH3 is 1. The number of esters is 1. The lowest BCUT2D eigenvalue weighted by molar-refractivity contribution is -0.202. The number of Topliss-reactive ketones (excluding diaryl/α,β-unsaturated/α-hetero) is 1. The predicted molar refractivity (Wildman–Crippen MR) is 137 cm³/mol. The average Bonchev–Trinajstić information content (AvgIpc) is 2.79. The highest BCUT2D eigenvalue weighted by Gasteiger charge is 2.70. The van der Waals surface area contributed by atoms with E-state index in [0.717, 1.165) is 44.9 Å². The summed E-state index contributed by atoms with van der Waals surface area (Å²) in [7, 11) is 1.57. The Morgan fingerprint density at radius 2 is 1.69 bits per heavy atom. The Morgan fingerprint density at radius 1 is 1.00 bits per heavy atom. The molecular weight excluding hydrogens is 436 g/mol. The molecule has 4 saturated carbocycles. The summed E-state index contributed by atoms with van der Waals surface area (Å²) in [5, 5.41) is 10.9. The summed E-state index contributed by atoms with van der Waals surface area (Å²) in [4.78, 5) is 26.4. The fourth-order valence-corrected chi connectivity index (χ4v) is 11.0. The summed E-state index contributed by atoms with van der Waals surface area (Å²) < 4.78 is 5.48. The molecule has 35 heavy (non-hydrogen) atoms. The first kappa shape index (κ1) is 25.5. The summed E-state index contributed by atoms with van der Waals surface area (Å²) in [5.41, 5.74) is 0.692. The second-order valence-corrected chi connectivity index (χ2v) is 14.6. The van der Waals surface area contributed by atoms with E-state index in [1.165, 1.54) is 5.57 Å². The third-order valence-corrected chi connectivity index (χ3v) is 13.3. The maximum absolute atomic E-state index is 13.4. The molecule has 0 amide bonds. The number of ketones is 1. The number of hydrogen-bond donors (Lipinski definition) is 1. The van der Waals surface area contributed by atoms with Crippen LogP contribution in [0.5, 0.6) is 0 Å². The molecule has 0 heterocycles. The van der Waals surface area contributed by atoms with Gasteiger partial charge in [0.1, 0.15) is 6.10 Å². The fourth-order valence-electron chi connectivity index (χ4n) is 11.0. The molecule has 5 rings (SSSR count). The Labute approximate surface area is 212 Å². The monoisotopic (exact) mass is 484 g/mol. The molecule has 4 heteroatoms. The highest BCUT2D eigenvalue weighted by molar-refractivity contribution is 5.89. The van der Waals surface area contributed by atoms with Crippen LogP contribution in [-0.4, -0.2) is 30.1 Å². The zero-order valence-corrected chi connectivity index (χ0v) is 23.4. The van der Waals surface area contributed by atoms with Gasteiger partial charge in [-0.25, -0.2) is 0 Å². The molecule has 4 nitrogen and oxygen atoms in total. The van der Waals surface area contributed by atoms with Crippen LogP contribution in [0.15, 0.2) is 11.6 Å². The van der Waals surface area contributed by atoms with E-state index >= 15 is 0 Å². The Kier molecular flexibility index (Phi) is 5.59. The van der Waals surface area contributed by atoms with Gasteiger partial charge in [-0.1, -0.05) is 60.1 Å². The number of hydrogen-bond acceptors (Lipinski definition) is 4. The minimum atomic E-state index is -0.857. The number of carbonyl (C=O) groups is 2. The first-order chi connectivity index (χ1) is 16.2. The molecule has 0 spiro atoms. The van der Waals surface area contributed by atoms with E-state index in [2.05, 4.69) is 54.5 Å². The standard InChI is InChI=1S/C31H48O4/c1-18-11-14-31(26(34)35-8)16-15-29(6)20(24(31)19(18)2)9-10-23-28(5)17-21(32)25(33)27(3,4)22(28)12-13-30(23,29)7/h9,18-19,21-24,32H,10-17H2,1-8H3/t18-,19+,21-,22+,23?,24+,28+,29-,30-,31+/m1/s1. The Balaban J connectivity index is 1.63. The largest absolute Gasteiger partial charge is 0.469 e. The van der Waals surface area contributed by atoms with Gasteiger partial charge in [-0.15, -0.1) is 0 Å². The number of fused-ring (bicyclic) bond motifs is 7. The summed E-state index contributed by atoms with van der Waals surface area (Å²) in [6.07, 6.45) is 9.35. The van der Waals surface area contributed by atoms with Crippen molar-refractivity contribution in [2.75, 3.05) is 7.11 Å². The molecule has 0 radical (unpaired) electrons. The van der Waals surface area contributed by atoms with E-state index in [1.54, 1.807) is 7.11 Å². The van der Waals surface area contributed by atoms with Gasteiger partial charge >= 0.3 is 5.97 Å². The van der Waals surface area contributed by atoms with E-state index in [4.69, 9.17) is 4.74 Å². The van der Waals surface area contributed by atoms with Crippen molar-refractivity contribution >= 4 is 11.8 Å². The second-order valence-electron chi connectivity index (χ2n) is 14.6. The number of rotatable bonds is 1. The molecule has 10 atom stereocenters. The molecule has 196 valence electrons. The summed E-state index contributed by atoms with van der Waals surface area (Å²) in [6.45, 7) is 16.3. The highest BCUT2D eigenvalue weighted by atomic mass is 16.5. The van der Waals surface area contributed by atoms with Crippen LogP contribution in [0.4, 0.5) is 0 Å². The first-order valence-electron chi connectivity index (χ1n) is 14.2. The normalized spacial score (nSPS) is 52.8. The van der Waals surface area contributed by atoms with Gasteiger partial charge in [-0.05, 0) is 97.2 Å². The van der Waals surface area contributed by atoms with Gasteiger partial charge in [-0.2, -0.15) is 0 Å². The minimum absolute atomic E-state index is 0.00260. The molecule has 0 aromatic carbocycles. The van der Waals surface area contributed by atoms with E-state index < -0.39 is 11.5 Å². The summed E-state index contributed by atoms with van der Waals surface area (Å²) in [6, 6.07) is 0. The van der Waals surface area contributed by atoms with Crippen molar-refractivity contribution in [2.45, 2.75) is 106 Å². The minimum Gasteiger partial charge on any atom is -0.469 e. The number of aliphatic hydroxyl groups excluding tert-OH is 1. The van der Waals surface area contributed by atoms with Crippen molar-refractivity contribution in [3.63, 3.8) is 0 Å². The molecule has 0 aromatic rings. The van der Waals surface area contributed by atoms with Crippen LogP contribution < -0.4 is 0 Å². The van der Waals surface area contributed by atoms with Gasteiger partial charge in [0.2, 0.25) is 0 Å². The molecule has 1 unspecified atom stereocenters. The molecule has 5 aliphatic carbocycles. The molecule has 0 saturated heterocycles. The third kappa shape index (κ3) is 2.95. The molecular formula is C31H48O4. The van der Waals surface area contributed by atoms with Crippen molar-refractivity contribution in [2.24, 2.45) is 56.7 Å². The van der Waals surface area contributed by atoms with Gasteiger partial charge in [0, 0.05) is 5.41 Å². The van der Waals surface area contributed by atoms with Crippen molar-refractivity contribution in [3.8, 4) is 0 Å². The van der Waals surface area contributed by atoms with Gasteiger partial charge < -0.3 is 9.84 Å². The molecule has 1 N–H and O–H groups in total. The van der Waals surface area contributed by atoms with E-state index in [-0.39, 0.29) is 39.3 Å². The SMILES string of the molecule is COC(=O)[C@]12CC[C@@H](C)[C@H](C)[C@H]1C1=CCC3[C@@]4(C)C[C@@H](O)C(=O)C(C)(C)[C@@H]4CC[C@@]3(C)[C@]1(C)CC2. The lowest BCUT2D eigenvalue weighted by Gasteiger charge is -2.71. The highest BCUT2D eigenvalue weighted by Crippen LogP contribution is 2.75. The van der Waals surface area contributed by atoms with Crippen molar-refractivity contribution in [1.29, 1.82) is 0 Å². The number of allylic oxidation sites excluding steroid dienone is 2. The van der Waals surface area contributed by atoms with E-state index in [1.807, 2.05) is 0 Å². The van der Waals surface area contributed by atoms with Gasteiger partial charge in [0.25, 0.3) is 0 Å². The summed E-state index contributed by atoms with van der Waals surface area (Å²) in [5.74, 6) is 2.06. The van der Waals surface area contributed by atoms with Crippen LogP contribution in [-0.2, 0) is 14.3 Å². The van der Waals surface area contributed by atoms with Crippen LogP contribution in [0.1, 0.15) is 99.8 Å². The van der Waals surface area contributed by atoms with Crippen LogP contribution in [0.25, 0.3) is 0 Å². The van der Waals surface area contributed by atoms with Crippen molar-refractivity contribution < 1.29 is 19.4 Å². The third-order valence-electron chi connectivity index (χ3n) is 13.3. The molecule has 0 aromatic heterocycles. The second kappa shape index (κ2) is 7.68. The van der Waals surface area contributed by atoms with Crippen LogP contribution in [0, 0.1) is 56.7 Å². The van der Waals surface area contributed by atoms with Crippen LogP contribution >= 0.6 is 0 Å². The Hall–Kier alpha value is -1.16. The van der Waals surface area contributed by atoms with Gasteiger partial charge in [0.05, 0.1) is 12.5 Å². The lowest BCUT2D eigenvalue weighted by Crippen LogP contribution is -2.66. The van der Waals surface area contributed by atoms with Gasteiger partial charge in [-0.3, -0.25) is 9.59 Å². The van der Waals surface area contributed by atoms with Crippen LogP contribution in [0.2, 0.25) is 0 Å². The van der Waals surface area contributed by atoms with Crippen molar-refractivity contribution in [1.82, 2.24) is 0 Å². The quantitative estimate of drug-likeness (QED) is 0.348. The zero-order valence-electron chi connectivity index (χ0n) is 23.4. The van der Waals surface area contributed by atoms with Gasteiger partial charge in [0.15, 0.2) is 5.78 Å². The molecule has 5 aliphatic rings. The van der Waals surface area contributed by atoms with E-state index in [9.17, 15) is 14.7 Å². The fraction of sp³-hybridized carbons (Fsp3) is 0.871. The Bertz CT molecular complexity index is 965. The molecule has 4 fully saturated rings. The molecule has 0 aliphatic heterocycles. The first-order valence-corrected chi connectivity index (χ1v) is 14.2. The maximum atomic E-state index is 13.4. The number of carbonyl (C=O) groups excluding carboxylic acids is 2.